The van der Waals surface area contributed by atoms with Gasteiger partial charge >= 0.3 is 0 Å². The first-order valence-electron chi connectivity index (χ1n) is 36.9. The molecule has 0 heterocycles. The molecule has 0 N–H and O–H groups in total. The van der Waals surface area contributed by atoms with Gasteiger partial charge in [-0.25, -0.2) is 0 Å². The molecular weight excluding hydrogens is 1120 g/mol. The molecule has 0 bridgehead atoms. The molecule has 0 radical (unpaired) electrons. The van der Waals surface area contributed by atoms with Crippen LogP contribution < -0.4 is 0 Å². The summed E-state index contributed by atoms with van der Waals surface area (Å²) < 4.78 is 0. The van der Waals surface area contributed by atoms with E-state index in [2.05, 4.69) is 298 Å². The number of hydrogen-bond donors (Lipinski definition) is 0. The number of rotatable bonds is 10. The van der Waals surface area contributed by atoms with Crippen LogP contribution in [-0.4, -0.2) is 0 Å². The first-order chi connectivity index (χ1) is 46.0. The SMILES string of the molecule is C1=CC(C2(c3ccccc3)CCCCCC2)=CCC1.CC1CCC(c2ccccc2)(c2ccccc2)CC1.c1ccc(C2(c3ccccc3)CCCC2)cc1.c1ccc(C2(c3ccccc3)CCCCC2)cc1.c1ccc(C2(c3ccccc3)CCCCCCC2)cc1. The van der Waals surface area contributed by atoms with Crippen LogP contribution in [0.15, 0.2) is 297 Å². The molecule has 0 unspecified atom stereocenters. The largest absolute Gasteiger partial charge is 0.0839 e. The summed E-state index contributed by atoms with van der Waals surface area (Å²) in [5, 5.41) is 0. The van der Waals surface area contributed by atoms with E-state index in [1.165, 1.54) is 230 Å². The Balaban J connectivity index is 0.000000119. The smallest absolute Gasteiger partial charge is 0.0203 e. The fraction of sp³-hybridized carbons (Fsp3) is 0.376. The summed E-state index contributed by atoms with van der Waals surface area (Å²) in [5.74, 6) is 0.876. The Labute approximate surface area is 563 Å². The van der Waals surface area contributed by atoms with Crippen LogP contribution in [0.4, 0.5) is 0 Å². The summed E-state index contributed by atoms with van der Waals surface area (Å²) in [5.41, 5.74) is 16.4. The van der Waals surface area contributed by atoms with Gasteiger partial charge in [-0.05, 0) is 151 Å². The van der Waals surface area contributed by atoms with Crippen molar-refractivity contribution in [2.45, 2.75) is 214 Å². The van der Waals surface area contributed by atoms with E-state index in [1.807, 2.05) is 0 Å². The molecule has 0 nitrogen and oxygen atoms in total. The molecule has 0 aromatic heterocycles. The molecule has 5 fully saturated rings. The lowest BCUT2D eigenvalue weighted by atomic mass is 9.63. The maximum atomic E-state index is 2.50. The molecule has 9 aromatic carbocycles. The third-order valence-electron chi connectivity index (χ3n) is 22.9. The zero-order chi connectivity index (χ0) is 63.6. The minimum Gasteiger partial charge on any atom is -0.0839 e. The minimum atomic E-state index is 0.239. The third-order valence-corrected chi connectivity index (χ3v) is 22.9. The van der Waals surface area contributed by atoms with Gasteiger partial charge in [-0.1, -0.05) is 388 Å². The van der Waals surface area contributed by atoms with Gasteiger partial charge in [-0.2, -0.15) is 0 Å². The van der Waals surface area contributed by atoms with Crippen LogP contribution in [0.2, 0.25) is 0 Å². The Morgan fingerprint density at radius 2 is 0.409 bits per heavy atom. The van der Waals surface area contributed by atoms with Crippen molar-refractivity contribution in [3.8, 4) is 0 Å². The van der Waals surface area contributed by atoms with Crippen LogP contribution in [0.5, 0.6) is 0 Å². The molecule has 9 aromatic rings. The molecule has 0 atom stereocenters. The first kappa shape index (κ1) is 66.9. The normalized spacial score (nSPS) is 19.5. The van der Waals surface area contributed by atoms with Crippen LogP contribution >= 0.6 is 0 Å². The Hall–Kier alpha value is -7.54. The molecule has 0 heteroatoms. The highest BCUT2D eigenvalue weighted by Gasteiger charge is 2.40. The number of allylic oxidation sites excluding steroid dienone is 4. The summed E-state index contributed by atoms with van der Waals surface area (Å²) in [6.45, 7) is 2.39. The van der Waals surface area contributed by atoms with Gasteiger partial charge in [0.05, 0.1) is 0 Å². The second-order valence-corrected chi connectivity index (χ2v) is 28.5. The molecule has 480 valence electrons. The second kappa shape index (κ2) is 34.0. The Kier molecular flexibility index (Phi) is 24.5. The monoisotopic (exact) mass is 1220 g/mol. The highest BCUT2D eigenvalue weighted by atomic mass is 14.4. The molecule has 6 aliphatic rings. The lowest BCUT2D eigenvalue weighted by molar-refractivity contribution is 0.280. The Morgan fingerprint density at radius 1 is 0.215 bits per heavy atom. The van der Waals surface area contributed by atoms with E-state index in [0.29, 0.717) is 5.41 Å². The summed E-state index contributed by atoms with van der Waals surface area (Å²) in [7, 11) is 0. The Morgan fingerprint density at radius 3 is 0.645 bits per heavy atom. The van der Waals surface area contributed by atoms with E-state index in [1.54, 1.807) is 5.57 Å². The van der Waals surface area contributed by atoms with Gasteiger partial charge in [0.1, 0.15) is 0 Å². The van der Waals surface area contributed by atoms with Crippen molar-refractivity contribution in [3.63, 3.8) is 0 Å². The van der Waals surface area contributed by atoms with Crippen LogP contribution in [0.1, 0.15) is 237 Å². The van der Waals surface area contributed by atoms with Gasteiger partial charge in [0.2, 0.25) is 0 Å². The van der Waals surface area contributed by atoms with E-state index in [9.17, 15) is 0 Å². The predicted octanol–water partition coefficient (Wildman–Crippen LogP) is 25.9. The summed E-state index contributed by atoms with van der Waals surface area (Å²) in [6, 6.07) is 99.9. The van der Waals surface area contributed by atoms with E-state index in [0.717, 1.165) is 5.92 Å². The first-order valence-corrected chi connectivity index (χ1v) is 36.9. The standard InChI is InChI=1S/C20H24.C19H22.C19H24.C18H20.C17H18/c1-2-10-16-20(17-11-3-1,18-12-6-4-7-13-18)19-14-8-5-9-15-19;1-16-12-14-19(15-13-16,17-8-4-2-5-9-17)18-10-6-3-7-11-18;1-2-10-16-19(15-9-1,17-11-5-3-6-12-17)18-13-7-4-8-14-18;1-4-10-16(11-5-1)18(14-8-3-9-15-18)17-12-6-2-7-13-17;1-3-9-15(10-4-1)17(13-7-8-14-17)16-11-5-2-6-12-16/h4-9,12-15H,1-3,10-11,16-17H2;2-11,16H,12-15H2,1H3;3,5-7,11-14H,1-2,4,8-10,15-16H2;1-2,4-7,10-13H,3,8-9,14-15H2;1-6,9-12H,7-8,13-14H2. The van der Waals surface area contributed by atoms with Crippen molar-refractivity contribution < 1.29 is 0 Å². The number of benzene rings is 9. The molecule has 0 aliphatic heterocycles. The van der Waals surface area contributed by atoms with Crippen molar-refractivity contribution >= 4 is 0 Å². The highest BCUT2D eigenvalue weighted by Crippen LogP contribution is 2.50. The molecule has 93 heavy (non-hydrogen) atoms. The van der Waals surface area contributed by atoms with Crippen molar-refractivity contribution in [1.29, 1.82) is 0 Å². The topological polar surface area (TPSA) is 0 Å². The second-order valence-electron chi connectivity index (χ2n) is 28.5. The zero-order valence-corrected chi connectivity index (χ0v) is 56.6. The van der Waals surface area contributed by atoms with E-state index < -0.39 is 0 Å². The maximum Gasteiger partial charge on any atom is 0.0203 e. The summed E-state index contributed by atoms with van der Waals surface area (Å²) in [6.07, 6.45) is 44.6. The zero-order valence-electron chi connectivity index (χ0n) is 56.6. The molecule has 0 saturated heterocycles. The lowest BCUT2D eigenvalue weighted by Crippen LogP contribution is -2.32. The molecule has 6 aliphatic carbocycles. The molecular formula is C93H108. The van der Waals surface area contributed by atoms with Crippen molar-refractivity contribution in [1.82, 2.24) is 0 Å². The summed E-state index contributed by atoms with van der Waals surface area (Å²) in [4.78, 5) is 0. The van der Waals surface area contributed by atoms with Gasteiger partial charge < -0.3 is 0 Å². The van der Waals surface area contributed by atoms with Gasteiger partial charge in [-0.3, -0.25) is 0 Å². The van der Waals surface area contributed by atoms with Crippen molar-refractivity contribution in [2.24, 2.45) is 5.92 Å². The third kappa shape index (κ3) is 16.5. The van der Waals surface area contributed by atoms with Crippen LogP contribution in [-0.2, 0) is 27.1 Å². The fourth-order valence-electron chi connectivity index (χ4n) is 17.7. The van der Waals surface area contributed by atoms with E-state index in [-0.39, 0.29) is 21.7 Å². The Bertz CT molecular complexity index is 3370. The van der Waals surface area contributed by atoms with E-state index in [4.69, 9.17) is 0 Å². The van der Waals surface area contributed by atoms with Gasteiger partial charge in [0.15, 0.2) is 0 Å². The molecule has 0 amide bonds. The average molecular weight is 1230 g/mol. The maximum absolute atomic E-state index is 2.50. The summed E-state index contributed by atoms with van der Waals surface area (Å²) >= 11 is 0. The van der Waals surface area contributed by atoms with Crippen molar-refractivity contribution in [2.75, 3.05) is 0 Å². The molecule has 0 spiro atoms. The molecule has 15 rings (SSSR count). The fourth-order valence-corrected chi connectivity index (χ4v) is 17.7. The van der Waals surface area contributed by atoms with Crippen LogP contribution in [0, 0.1) is 5.92 Å². The van der Waals surface area contributed by atoms with Gasteiger partial charge in [-0.15, -0.1) is 0 Å². The average Bonchev–Trinajstić information content (AvgIpc) is 2.46. The predicted molar refractivity (Wildman–Crippen MR) is 398 cm³/mol. The number of hydrogen-bond acceptors (Lipinski definition) is 0. The van der Waals surface area contributed by atoms with Gasteiger partial charge in [0.25, 0.3) is 0 Å². The van der Waals surface area contributed by atoms with Crippen LogP contribution in [0.25, 0.3) is 0 Å². The van der Waals surface area contributed by atoms with Crippen molar-refractivity contribution in [3.05, 3.63) is 347 Å². The lowest BCUT2D eigenvalue weighted by Gasteiger charge is -2.40. The van der Waals surface area contributed by atoms with E-state index >= 15 is 0 Å². The van der Waals surface area contributed by atoms with Crippen LogP contribution in [0.3, 0.4) is 0 Å². The molecule has 5 saturated carbocycles. The quantitative estimate of drug-likeness (QED) is 0.120. The van der Waals surface area contributed by atoms with Gasteiger partial charge in [0, 0.05) is 27.1 Å². The highest BCUT2D eigenvalue weighted by molar-refractivity contribution is 5.46. The minimum absolute atomic E-state index is 0.239.